The van der Waals surface area contributed by atoms with Crippen LogP contribution in [0.15, 0.2) is 54.6 Å². The van der Waals surface area contributed by atoms with Gasteiger partial charge in [0.15, 0.2) is 0 Å². The van der Waals surface area contributed by atoms with E-state index in [9.17, 15) is 0 Å². The fourth-order valence-electron chi connectivity index (χ4n) is 4.01. The average molecular weight is 527 g/mol. The van der Waals surface area contributed by atoms with E-state index < -0.39 is 7.92 Å². The molecule has 0 atom stereocenters. The lowest BCUT2D eigenvalue weighted by Crippen LogP contribution is -2.25. The van der Waals surface area contributed by atoms with Gasteiger partial charge in [-0.3, -0.25) is 0 Å². The summed E-state index contributed by atoms with van der Waals surface area (Å²) in [5.74, 6) is 4.68. The highest BCUT2D eigenvalue weighted by Gasteiger charge is 2.28. The van der Waals surface area contributed by atoms with Crippen LogP contribution in [-0.4, -0.2) is 39.6 Å². The van der Waals surface area contributed by atoms with Crippen molar-refractivity contribution in [3.05, 3.63) is 54.6 Å². The molecular formula is C30H39O6P. The zero-order valence-corrected chi connectivity index (χ0v) is 23.7. The molecule has 0 bridgehead atoms. The molecule has 3 rings (SSSR count). The maximum Gasteiger partial charge on any atom is 0.131 e. The Bertz CT molecular complexity index is 992. The van der Waals surface area contributed by atoms with Gasteiger partial charge in [-0.05, 0) is 85.9 Å². The largest absolute Gasteiger partial charge is 0.494 e. The zero-order chi connectivity index (χ0) is 26.6. The van der Waals surface area contributed by atoms with Crippen LogP contribution < -0.4 is 44.3 Å². The Hall–Kier alpha value is -3.11. The minimum absolute atomic E-state index is 0.537. The molecule has 37 heavy (non-hydrogen) atoms. The van der Waals surface area contributed by atoms with Gasteiger partial charge in [0.25, 0.3) is 0 Å². The van der Waals surface area contributed by atoms with E-state index in [1.54, 1.807) is 0 Å². The van der Waals surface area contributed by atoms with Gasteiger partial charge in [-0.25, -0.2) is 0 Å². The van der Waals surface area contributed by atoms with E-state index in [2.05, 4.69) is 18.2 Å². The number of rotatable bonds is 15. The van der Waals surface area contributed by atoms with Gasteiger partial charge in [-0.15, -0.1) is 0 Å². The Morgan fingerprint density at radius 2 is 0.676 bits per heavy atom. The summed E-state index contributed by atoms with van der Waals surface area (Å²) in [5, 5.41) is 3.15. The maximum absolute atomic E-state index is 6.18. The SMILES string of the molecule is CCOc1ccc(P(c2ccc(OCC)cc2OCC)c2ccc(OCC)cc2OCC)c(OCC)c1. The zero-order valence-electron chi connectivity index (χ0n) is 22.8. The van der Waals surface area contributed by atoms with Crippen LogP contribution in [0.5, 0.6) is 34.5 Å². The van der Waals surface area contributed by atoms with Gasteiger partial charge in [0, 0.05) is 34.1 Å². The number of ether oxygens (including phenoxy) is 6. The van der Waals surface area contributed by atoms with Crippen molar-refractivity contribution in [3.8, 4) is 34.5 Å². The Morgan fingerprint density at radius 1 is 0.405 bits per heavy atom. The summed E-state index contributed by atoms with van der Waals surface area (Å²) in [7, 11) is -1.15. The van der Waals surface area contributed by atoms with E-state index in [4.69, 9.17) is 28.4 Å². The van der Waals surface area contributed by atoms with Crippen LogP contribution in [0.1, 0.15) is 41.5 Å². The third kappa shape index (κ3) is 7.23. The Kier molecular flexibility index (Phi) is 11.2. The summed E-state index contributed by atoms with van der Waals surface area (Å²) < 4.78 is 35.9. The summed E-state index contributed by atoms with van der Waals surface area (Å²) in [5.41, 5.74) is 0. The molecule has 0 radical (unpaired) electrons. The van der Waals surface area contributed by atoms with Gasteiger partial charge in [0.1, 0.15) is 34.5 Å². The average Bonchev–Trinajstić information content (AvgIpc) is 2.88. The van der Waals surface area contributed by atoms with Crippen molar-refractivity contribution in [1.82, 2.24) is 0 Å². The molecule has 7 heteroatoms. The Morgan fingerprint density at radius 3 is 0.919 bits per heavy atom. The van der Waals surface area contributed by atoms with Crippen LogP contribution in [0, 0.1) is 0 Å². The third-order valence-corrected chi connectivity index (χ3v) is 7.90. The third-order valence-electron chi connectivity index (χ3n) is 5.35. The van der Waals surface area contributed by atoms with Crippen molar-refractivity contribution >= 4 is 23.8 Å². The van der Waals surface area contributed by atoms with Crippen molar-refractivity contribution in [3.63, 3.8) is 0 Å². The van der Waals surface area contributed by atoms with Crippen molar-refractivity contribution in [2.75, 3.05) is 39.6 Å². The minimum Gasteiger partial charge on any atom is -0.494 e. The van der Waals surface area contributed by atoms with E-state index in [-0.39, 0.29) is 0 Å². The van der Waals surface area contributed by atoms with Gasteiger partial charge in [-0.1, -0.05) is 0 Å². The topological polar surface area (TPSA) is 55.4 Å². The van der Waals surface area contributed by atoms with Crippen LogP contribution in [0.3, 0.4) is 0 Å². The highest BCUT2D eigenvalue weighted by Crippen LogP contribution is 2.44. The van der Waals surface area contributed by atoms with Gasteiger partial charge in [0.2, 0.25) is 0 Å². The first-order valence-electron chi connectivity index (χ1n) is 13.1. The normalized spacial score (nSPS) is 10.8. The molecular weight excluding hydrogens is 487 g/mol. The number of benzene rings is 3. The summed E-state index contributed by atoms with van der Waals surface area (Å²) in [6.07, 6.45) is 0. The first-order valence-corrected chi connectivity index (χ1v) is 14.4. The molecule has 0 aliphatic heterocycles. The maximum atomic E-state index is 6.18. The molecule has 0 saturated heterocycles. The molecule has 0 amide bonds. The highest BCUT2D eigenvalue weighted by atomic mass is 31.1. The highest BCUT2D eigenvalue weighted by molar-refractivity contribution is 7.80. The first kappa shape index (κ1) is 28.5. The van der Waals surface area contributed by atoms with E-state index in [1.807, 2.05) is 77.9 Å². The molecule has 0 saturated carbocycles. The van der Waals surface area contributed by atoms with E-state index in [0.717, 1.165) is 50.4 Å². The standard InChI is InChI=1S/C30H39O6P/c1-7-31-22-13-16-28(25(19-22)34-10-4)37(29-17-14-23(32-8-2)20-26(29)35-11-5)30-18-15-24(33-9-3)21-27(30)36-12-6/h13-21H,7-12H2,1-6H3. The second-order valence-electron chi connectivity index (χ2n) is 7.82. The van der Waals surface area contributed by atoms with Crippen LogP contribution in [0.25, 0.3) is 0 Å². The molecule has 6 nitrogen and oxygen atoms in total. The predicted molar refractivity (Wildman–Crippen MR) is 152 cm³/mol. The van der Waals surface area contributed by atoms with Crippen LogP contribution in [0.4, 0.5) is 0 Å². The lowest BCUT2D eigenvalue weighted by Gasteiger charge is -2.26. The number of hydrogen-bond donors (Lipinski definition) is 0. The van der Waals surface area contributed by atoms with E-state index in [1.165, 1.54) is 0 Å². The van der Waals surface area contributed by atoms with Gasteiger partial charge < -0.3 is 28.4 Å². The molecule has 0 aliphatic rings. The Balaban J connectivity index is 2.31. The lowest BCUT2D eigenvalue weighted by molar-refractivity contribution is 0.325. The van der Waals surface area contributed by atoms with Gasteiger partial charge in [0.05, 0.1) is 39.6 Å². The van der Waals surface area contributed by atoms with Gasteiger partial charge >= 0.3 is 0 Å². The molecule has 0 aliphatic carbocycles. The monoisotopic (exact) mass is 526 g/mol. The molecule has 0 fully saturated rings. The van der Waals surface area contributed by atoms with Crippen molar-refractivity contribution < 1.29 is 28.4 Å². The summed E-state index contributed by atoms with van der Waals surface area (Å²) in [6.45, 7) is 15.3. The smallest absolute Gasteiger partial charge is 0.131 e. The van der Waals surface area contributed by atoms with E-state index >= 15 is 0 Å². The quantitative estimate of drug-likeness (QED) is 0.232. The van der Waals surface area contributed by atoms with Gasteiger partial charge in [-0.2, -0.15) is 0 Å². The summed E-state index contributed by atoms with van der Waals surface area (Å²) in [6, 6.07) is 18.2. The molecule has 0 heterocycles. The van der Waals surface area contributed by atoms with Crippen molar-refractivity contribution in [2.45, 2.75) is 41.5 Å². The van der Waals surface area contributed by atoms with Crippen LogP contribution >= 0.6 is 7.92 Å². The second-order valence-corrected chi connectivity index (χ2v) is 9.94. The molecule has 200 valence electrons. The minimum atomic E-state index is -1.15. The molecule has 3 aromatic carbocycles. The predicted octanol–water partition coefficient (Wildman–Crippen LogP) is 5.84. The first-order chi connectivity index (χ1) is 18.1. The molecule has 3 aromatic rings. The Labute approximate surface area is 222 Å². The summed E-state index contributed by atoms with van der Waals surface area (Å²) >= 11 is 0. The fraction of sp³-hybridized carbons (Fsp3) is 0.400. The number of hydrogen-bond acceptors (Lipinski definition) is 6. The fourth-order valence-corrected chi connectivity index (χ4v) is 6.51. The molecule has 0 N–H and O–H groups in total. The lowest BCUT2D eigenvalue weighted by atomic mass is 10.3. The second kappa shape index (κ2) is 14.6. The molecule has 0 aromatic heterocycles. The molecule has 0 unspecified atom stereocenters. The van der Waals surface area contributed by atoms with Crippen LogP contribution in [-0.2, 0) is 0 Å². The van der Waals surface area contributed by atoms with Crippen molar-refractivity contribution in [2.24, 2.45) is 0 Å². The van der Waals surface area contributed by atoms with Crippen LogP contribution in [0.2, 0.25) is 0 Å². The molecule has 0 spiro atoms. The van der Waals surface area contributed by atoms with E-state index in [0.29, 0.717) is 39.6 Å². The van der Waals surface area contributed by atoms with Crippen molar-refractivity contribution in [1.29, 1.82) is 0 Å². The summed E-state index contributed by atoms with van der Waals surface area (Å²) in [4.78, 5) is 0.